The molecule has 0 aliphatic heterocycles. The maximum absolute atomic E-state index is 11.6. The Bertz CT molecular complexity index is 264. The van der Waals surface area contributed by atoms with Crippen molar-refractivity contribution in [1.29, 1.82) is 0 Å². The Labute approximate surface area is 85.8 Å². The predicted molar refractivity (Wildman–Crippen MR) is 56.1 cm³/mol. The Kier molecular flexibility index (Phi) is 5.94. The molecule has 0 aromatic heterocycles. The number of rotatable bonds is 7. The van der Waals surface area contributed by atoms with E-state index in [2.05, 4.69) is 6.58 Å². The summed E-state index contributed by atoms with van der Waals surface area (Å²) in [6.45, 7) is 4.07. The van der Waals surface area contributed by atoms with E-state index in [1.807, 2.05) is 0 Å². The van der Waals surface area contributed by atoms with Gasteiger partial charge in [0, 0.05) is 33.8 Å². The van der Waals surface area contributed by atoms with Gasteiger partial charge in [-0.1, -0.05) is 6.08 Å². The molecule has 1 N–H and O–H groups in total. The Morgan fingerprint density at radius 3 is 2.36 bits per heavy atom. The molecule has 0 spiro atoms. The lowest BCUT2D eigenvalue weighted by Gasteiger charge is -2.22. The van der Waals surface area contributed by atoms with Crippen molar-refractivity contribution in [3.8, 4) is 0 Å². The largest absolute Gasteiger partial charge is 0.396 e. The summed E-state index contributed by atoms with van der Waals surface area (Å²) in [5.41, 5.74) is 0. The van der Waals surface area contributed by atoms with E-state index in [1.165, 1.54) is 28.8 Å². The van der Waals surface area contributed by atoms with Gasteiger partial charge in [0.05, 0.1) is 0 Å². The van der Waals surface area contributed by atoms with Crippen LogP contribution < -0.4 is 0 Å². The molecule has 0 atom stereocenters. The second kappa shape index (κ2) is 6.13. The minimum absolute atomic E-state index is 0.00890. The van der Waals surface area contributed by atoms with Crippen LogP contribution in [0.15, 0.2) is 12.7 Å². The van der Waals surface area contributed by atoms with Gasteiger partial charge < -0.3 is 5.11 Å². The first-order valence-electron chi connectivity index (χ1n) is 4.36. The van der Waals surface area contributed by atoms with Crippen LogP contribution in [0.25, 0.3) is 0 Å². The van der Waals surface area contributed by atoms with Gasteiger partial charge in [0.15, 0.2) is 0 Å². The van der Waals surface area contributed by atoms with Crippen molar-refractivity contribution in [1.82, 2.24) is 8.61 Å². The minimum atomic E-state index is -3.39. The highest BCUT2D eigenvalue weighted by Gasteiger charge is 2.21. The zero-order valence-electron chi connectivity index (χ0n) is 8.68. The van der Waals surface area contributed by atoms with Crippen molar-refractivity contribution < 1.29 is 13.5 Å². The molecule has 0 unspecified atom stereocenters. The molecule has 0 radical (unpaired) electrons. The fourth-order valence-electron chi connectivity index (χ4n) is 0.923. The lowest BCUT2D eigenvalue weighted by Crippen LogP contribution is -2.40. The van der Waals surface area contributed by atoms with Crippen LogP contribution in [0.1, 0.15) is 6.42 Å². The second-order valence-corrected chi connectivity index (χ2v) is 5.12. The molecule has 84 valence electrons. The van der Waals surface area contributed by atoms with Gasteiger partial charge in [-0.3, -0.25) is 0 Å². The Morgan fingerprint density at radius 2 is 1.93 bits per heavy atom. The summed E-state index contributed by atoms with van der Waals surface area (Å²) in [5, 5.41) is 8.57. The van der Waals surface area contributed by atoms with Crippen LogP contribution in [-0.2, 0) is 10.2 Å². The van der Waals surface area contributed by atoms with Crippen molar-refractivity contribution in [2.24, 2.45) is 0 Å². The Morgan fingerprint density at radius 1 is 1.36 bits per heavy atom. The Balaban J connectivity index is 4.36. The molecule has 14 heavy (non-hydrogen) atoms. The third-order valence-electron chi connectivity index (χ3n) is 1.81. The molecule has 0 aromatic rings. The highest BCUT2D eigenvalue weighted by atomic mass is 32.2. The first-order valence-corrected chi connectivity index (χ1v) is 5.76. The molecule has 0 saturated heterocycles. The highest BCUT2D eigenvalue weighted by Crippen LogP contribution is 2.03. The monoisotopic (exact) mass is 222 g/mol. The van der Waals surface area contributed by atoms with Crippen LogP contribution in [0, 0.1) is 0 Å². The second-order valence-electron chi connectivity index (χ2n) is 2.98. The molecule has 0 amide bonds. The lowest BCUT2D eigenvalue weighted by molar-refractivity contribution is 0.273. The fourth-order valence-corrected chi connectivity index (χ4v) is 2.05. The summed E-state index contributed by atoms with van der Waals surface area (Å²) in [5.74, 6) is 0. The molecule has 0 rings (SSSR count). The quantitative estimate of drug-likeness (QED) is 0.600. The summed E-state index contributed by atoms with van der Waals surface area (Å²) < 4.78 is 25.7. The van der Waals surface area contributed by atoms with Gasteiger partial charge in [-0.2, -0.15) is 17.0 Å². The van der Waals surface area contributed by atoms with Gasteiger partial charge in [0.25, 0.3) is 10.2 Å². The number of aliphatic hydroxyl groups excluding tert-OH is 1. The number of aliphatic hydroxyl groups is 1. The normalized spacial score (nSPS) is 12.4. The Hall–Kier alpha value is -0.430. The predicted octanol–water partition coefficient (Wildman–Crippen LogP) is -0.337. The van der Waals surface area contributed by atoms with Crippen molar-refractivity contribution in [3.05, 3.63) is 12.7 Å². The third kappa shape index (κ3) is 3.75. The minimum Gasteiger partial charge on any atom is -0.396 e. The average molecular weight is 222 g/mol. The molecular weight excluding hydrogens is 204 g/mol. The summed E-state index contributed by atoms with van der Waals surface area (Å²) in [7, 11) is -0.406. The van der Waals surface area contributed by atoms with E-state index in [1.54, 1.807) is 0 Å². The van der Waals surface area contributed by atoms with E-state index in [9.17, 15) is 8.42 Å². The van der Waals surface area contributed by atoms with Crippen LogP contribution in [-0.4, -0.2) is 55.9 Å². The van der Waals surface area contributed by atoms with E-state index in [-0.39, 0.29) is 13.2 Å². The lowest BCUT2D eigenvalue weighted by atomic mass is 10.5. The third-order valence-corrected chi connectivity index (χ3v) is 3.71. The van der Waals surface area contributed by atoms with Crippen LogP contribution in [0.2, 0.25) is 0 Å². The highest BCUT2D eigenvalue weighted by molar-refractivity contribution is 7.86. The van der Waals surface area contributed by atoms with Gasteiger partial charge in [-0.15, -0.1) is 6.58 Å². The maximum Gasteiger partial charge on any atom is 0.281 e. The number of hydrogen-bond acceptors (Lipinski definition) is 3. The van der Waals surface area contributed by atoms with Crippen molar-refractivity contribution in [3.63, 3.8) is 0 Å². The SMILES string of the molecule is C=CCN(C)S(=O)(=O)N(C)CCCO. The first-order chi connectivity index (χ1) is 6.46. The molecule has 0 heterocycles. The van der Waals surface area contributed by atoms with E-state index in [0.29, 0.717) is 13.0 Å². The number of hydrogen-bond donors (Lipinski definition) is 1. The molecular formula is C8H18N2O3S. The van der Waals surface area contributed by atoms with E-state index < -0.39 is 10.2 Å². The van der Waals surface area contributed by atoms with Gasteiger partial charge in [-0.25, -0.2) is 0 Å². The summed E-state index contributed by atoms with van der Waals surface area (Å²) in [6, 6.07) is 0. The molecule has 0 saturated carbocycles. The smallest absolute Gasteiger partial charge is 0.281 e. The number of nitrogens with zero attached hydrogens (tertiary/aromatic N) is 2. The van der Waals surface area contributed by atoms with Crippen LogP contribution >= 0.6 is 0 Å². The summed E-state index contributed by atoms with van der Waals surface area (Å²) >= 11 is 0. The average Bonchev–Trinajstić information content (AvgIpc) is 2.14. The number of likely N-dealkylation sites (N-methyl/N-ethyl adjacent to an activating group) is 1. The first kappa shape index (κ1) is 13.6. The van der Waals surface area contributed by atoms with Crippen LogP contribution in [0.5, 0.6) is 0 Å². The van der Waals surface area contributed by atoms with Gasteiger partial charge in [0.1, 0.15) is 0 Å². The topological polar surface area (TPSA) is 60.9 Å². The molecule has 0 aliphatic carbocycles. The summed E-state index contributed by atoms with van der Waals surface area (Å²) in [4.78, 5) is 0. The zero-order valence-corrected chi connectivity index (χ0v) is 9.50. The van der Waals surface area contributed by atoms with Crippen LogP contribution in [0.4, 0.5) is 0 Å². The standard InChI is InChI=1S/C8H18N2O3S/c1-4-6-9(2)14(12,13)10(3)7-5-8-11/h4,11H,1,5-8H2,2-3H3. The van der Waals surface area contributed by atoms with Crippen LogP contribution in [0.3, 0.4) is 0 Å². The van der Waals surface area contributed by atoms with Gasteiger partial charge >= 0.3 is 0 Å². The van der Waals surface area contributed by atoms with Crippen molar-refractivity contribution >= 4 is 10.2 Å². The van der Waals surface area contributed by atoms with Gasteiger partial charge in [0.2, 0.25) is 0 Å². The molecule has 0 aromatic carbocycles. The summed E-state index contributed by atoms with van der Waals surface area (Å²) in [6.07, 6.45) is 1.97. The zero-order chi connectivity index (χ0) is 11.2. The van der Waals surface area contributed by atoms with Crippen molar-refractivity contribution in [2.75, 3.05) is 33.8 Å². The molecule has 0 bridgehead atoms. The fraction of sp³-hybridized carbons (Fsp3) is 0.750. The molecule has 0 aliphatic rings. The molecule has 0 fully saturated rings. The van der Waals surface area contributed by atoms with E-state index >= 15 is 0 Å². The molecule has 5 nitrogen and oxygen atoms in total. The molecule has 6 heteroatoms. The maximum atomic E-state index is 11.6. The van der Waals surface area contributed by atoms with Crippen molar-refractivity contribution in [2.45, 2.75) is 6.42 Å². The van der Waals surface area contributed by atoms with Gasteiger partial charge in [-0.05, 0) is 6.42 Å². The van der Waals surface area contributed by atoms with E-state index in [0.717, 1.165) is 0 Å². The van der Waals surface area contributed by atoms with E-state index in [4.69, 9.17) is 5.11 Å².